The number of hydrogen-bond acceptors (Lipinski definition) is 1. The van der Waals surface area contributed by atoms with Gasteiger partial charge in [-0.2, -0.15) is 0 Å². The van der Waals surface area contributed by atoms with E-state index < -0.39 is 0 Å². The molecule has 0 saturated carbocycles. The molecule has 3 rings (SSSR count). The minimum Gasteiger partial charge on any atom is -0.342 e. The zero-order valence-electron chi connectivity index (χ0n) is 9.48. The van der Waals surface area contributed by atoms with Gasteiger partial charge in [-0.05, 0) is 45.8 Å². The summed E-state index contributed by atoms with van der Waals surface area (Å²) in [6, 6.07) is 10.6. The molecule has 0 aliphatic carbocycles. The zero-order valence-corrected chi connectivity index (χ0v) is 11.1. The first-order valence-electron chi connectivity index (χ1n) is 5.57. The van der Waals surface area contributed by atoms with E-state index >= 15 is 0 Å². The van der Waals surface area contributed by atoms with Crippen molar-refractivity contribution in [3.63, 3.8) is 0 Å². The number of benzene rings is 1. The van der Waals surface area contributed by atoms with Crippen molar-refractivity contribution in [3.05, 3.63) is 64.6 Å². The molecule has 0 bridgehead atoms. The Kier molecular flexibility index (Phi) is 2.88. The first-order valence-corrected chi connectivity index (χ1v) is 6.36. The largest absolute Gasteiger partial charge is 0.342 e. The molecule has 2 aromatic heterocycles. The van der Waals surface area contributed by atoms with Crippen LogP contribution in [0.25, 0.3) is 11.0 Å². The van der Waals surface area contributed by atoms with Crippen LogP contribution in [0.2, 0.25) is 0 Å². The summed E-state index contributed by atoms with van der Waals surface area (Å²) in [4.78, 5) is 4.32. The Morgan fingerprint density at radius 3 is 2.94 bits per heavy atom. The van der Waals surface area contributed by atoms with Crippen LogP contribution in [0.1, 0.15) is 5.56 Å². The number of fused-ring (bicyclic) bond motifs is 1. The lowest BCUT2D eigenvalue weighted by molar-refractivity contribution is 0.624. The third-order valence-corrected chi connectivity index (χ3v) is 3.26. The third-order valence-electron chi connectivity index (χ3n) is 2.83. The summed E-state index contributed by atoms with van der Waals surface area (Å²) in [6.45, 7) is 0.638. The van der Waals surface area contributed by atoms with Crippen molar-refractivity contribution in [2.75, 3.05) is 0 Å². The number of rotatable bonds is 2. The maximum Gasteiger partial charge on any atom is 0.123 e. The van der Waals surface area contributed by atoms with Gasteiger partial charge in [0, 0.05) is 23.4 Å². The smallest absolute Gasteiger partial charge is 0.123 e. The normalized spacial score (nSPS) is 11.0. The molecule has 0 aliphatic rings. The molecule has 0 fully saturated rings. The lowest BCUT2D eigenvalue weighted by atomic mass is 10.2. The Hall–Kier alpha value is -1.68. The molecule has 0 atom stereocenters. The minimum atomic E-state index is -0.205. The third kappa shape index (κ3) is 2.16. The first kappa shape index (κ1) is 11.4. The summed E-state index contributed by atoms with van der Waals surface area (Å²) in [5, 5.41) is 0. The summed E-state index contributed by atoms with van der Waals surface area (Å²) in [7, 11) is 0. The molecule has 2 heterocycles. The highest BCUT2D eigenvalue weighted by molar-refractivity contribution is 9.10. The van der Waals surface area contributed by atoms with Gasteiger partial charge in [0.25, 0.3) is 0 Å². The van der Waals surface area contributed by atoms with Crippen molar-refractivity contribution >= 4 is 27.0 Å². The molecule has 2 nitrogen and oxygen atoms in total. The van der Waals surface area contributed by atoms with Crippen LogP contribution >= 0.6 is 15.9 Å². The number of hydrogen-bond donors (Lipinski definition) is 0. The summed E-state index contributed by atoms with van der Waals surface area (Å²) in [6.07, 6.45) is 3.74. The van der Waals surface area contributed by atoms with E-state index in [0.717, 1.165) is 21.1 Å². The molecule has 0 amide bonds. The molecule has 1 aromatic carbocycles. The van der Waals surface area contributed by atoms with Gasteiger partial charge in [0.1, 0.15) is 5.82 Å². The van der Waals surface area contributed by atoms with Gasteiger partial charge < -0.3 is 4.57 Å². The summed E-state index contributed by atoms with van der Waals surface area (Å²) in [5.41, 5.74) is 2.91. The highest BCUT2D eigenvalue weighted by Gasteiger charge is 2.04. The second kappa shape index (κ2) is 4.53. The molecule has 4 heteroatoms. The van der Waals surface area contributed by atoms with E-state index in [9.17, 15) is 4.39 Å². The van der Waals surface area contributed by atoms with Gasteiger partial charge in [0.05, 0.1) is 11.0 Å². The fourth-order valence-electron chi connectivity index (χ4n) is 2.01. The van der Waals surface area contributed by atoms with Crippen molar-refractivity contribution in [2.45, 2.75) is 6.54 Å². The summed E-state index contributed by atoms with van der Waals surface area (Å²) < 4.78 is 16.1. The van der Waals surface area contributed by atoms with Crippen LogP contribution in [0.3, 0.4) is 0 Å². The minimum absolute atomic E-state index is 0.205. The summed E-state index contributed by atoms with van der Waals surface area (Å²) in [5.74, 6) is -0.205. The summed E-state index contributed by atoms with van der Waals surface area (Å²) >= 11 is 3.41. The van der Waals surface area contributed by atoms with Crippen molar-refractivity contribution in [2.24, 2.45) is 0 Å². The van der Waals surface area contributed by atoms with Crippen molar-refractivity contribution < 1.29 is 4.39 Å². The lowest BCUT2D eigenvalue weighted by Crippen LogP contribution is -1.98. The Balaban J connectivity index is 2.02. The van der Waals surface area contributed by atoms with Crippen LogP contribution in [-0.2, 0) is 6.54 Å². The van der Waals surface area contributed by atoms with Crippen molar-refractivity contribution in [1.29, 1.82) is 0 Å². The Bertz CT molecular complexity index is 706. The number of aromatic nitrogens is 2. The standard InChI is InChI=1S/C14H10BrFN2/c15-11-7-14-13(17-8-11)4-5-18(14)9-10-2-1-3-12(16)6-10/h1-8H,9H2. The Morgan fingerprint density at radius 2 is 2.11 bits per heavy atom. The van der Waals surface area contributed by atoms with Gasteiger partial charge in [0.2, 0.25) is 0 Å². The highest BCUT2D eigenvalue weighted by atomic mass is 79.9. The lowest BCUT2D eigenvalue weighted by Gasteiger charge is -2.05. The van der Waals surface area contributed by atoms with Crippen molar-refractivity contribution in [3.8, 4) is 0 Å². The molecule has 0 unspecified atom stereocenters. The number of halogens is 2. The second-order valence-corrected chi connectivity index (χ2v) is 5.05. The molecule has 18 heavy (non-hydrogen) atoms. The molecule has 0 radical (unpaired) electrons. The molecule has 0 aliphatic heterocycles. The predicted octanol–water partition coefficient (Wildman–Crippen LogP) is 3.99. The van der Waals surface area contributed by atoms with E-state index in [4.69, 9.17) is 0 Å². The van der Waals surface area contributed by atoms with Gasteiger partial charge in [-0.15, -0.1) is 0 Å². The van der Waals surface area contributed by atoms with E-state index in [-0.39, 0.29) is 5.82 Å². The van der Waals surface area contributed by atoms with Crippen LogP contribution in [0.5, 0.6) is 0 Å². The van der Waals surface area contributed by atoms with E-state index in [1.165, 1.54) is 6.07 Å². The monoisotopic (exact) mass is 304 g/mol. The van der Waals surface area contributed by atoms with Crippen LogP contribution in [0.15, 0.2) is 53.3 Å². The van der Waals surface area contributed by atoms with Gasteiger partial charge in [-0.3, -0.25) is 4.98 Å². The van der Waals surface area contributed by atoms with Crippen LogP contribution in [0.4, 0.5) is 4.39 Å². The quantitative estimate of drug-likeness (QED) is 0.700. The van der Waals surface area contributed by atoms with Crippen LogP contribution in [0, 0.1) is 5.82 Å². The van der Waals surface area contributed by atoms with Gasteiger partial charge in [-0.25, -0.2) is 4.39 Å². The van der Waals surface area contributed by atoms with Crippen LogP contribution in [-0.4, -0.2) is 9.55 Å². The molecular weight excluding hydrogens is 295 g/mol. The molecule has 90 valence electrons. The predicted molar refractivity (Wildman–Crippen MR) is 72.9 cm³/mol. The fraction of sp³-hybridized carbons (Fsp3) is 0.0714. The van der Waals surface area contributed by atoms with Gasteiger partial charge in [-0.1, -0.05) is 12.1 Å². The molecule has 3 aromatic rings. The van der Waals surface area contributed by atoms with E-state index in [2.05, 4.69) is 25.5 Å². The Labute approximate surface area is 112 Å². The average molecular weight is 305 g/mol. The first-order chi connectivity index (χ1) is 8.72. The number of nitrogens with zero attached hydrogens (tertiary/aromatic N) is 2. The molecule has 0 saturated heterocycles. The topological polar surface area (TPSA) is 17.8 Å². The van der Waals surface area contributed by atoms with Crippen molar-refractivity contribution in [1.82, 2.24) is 9.55 Å². The molecule has 0 spiro atoms. The Morgan fingerprint density at radius 1 is 1.22 bits per heavy atom. The maximum atomic E-state index is 13.1. The van der Waals surface area contributed by atoms with Gasteiger partial charge >= 0.3 is 0 Å². The SMILES string of the molecule is Fc1cccc(Cn2ccc3ncc(Br)cc32)c1. The average Bonchev–Trinajstić information content (AvgIpc) is 2.72. The zero-order chi connectivity index (χ0) is 12.5. The molecule has 0 N–H and O–H groups in total. The van der Waals surface area contributed by atoms with Crippen LogP contribution < -0.4 is 0 Å². The van der Waals surface area contributed by atoms with E-state index in [1.54, 1.807) is 18.3 Å². The fourth-order valence-corrected chi connectivity index (χ4v) is 2.33. The second-order valence-electron chi connectivity index (χ2n) is 4.13. The number of pyridine rings is 1. The van der Waals surface area contributed by atoms with Gasteiger partial charge in [0.15, 0.2) is 0 Å². The van der Waals surface area contributed by atoms with E-state index in [1.807, 2.05) is 24.4 Å². The maximum absolute atomic E-state index is 13.1. The van der Waals surface area contributed by atoms with E-state index in [0.29, 0.717) is 6.54 Å². The molecular formula is C14H10BrFN2. The highest BCUT2D eigenvalue weighted by Crippen LogP contribution is 2.19.